The van der Waals surface area contributed by atoms with Gasteiger partial charge in [-0.05, 0) is 67.0 Å². The number of carbonyl (C=O) groups is 2. The second-order valence-corrected chi connectivity index (χ2v) is 10.6. The number of urea groups is 1. The van der Waals surface area contributed by atoms with Crippen LogP contribution in [0.4, 0.5) is 10.5 Å². The summed E-state index contributed by atoms with van der Waals surface area (Å²) >= 11 is 1.85. The van der Waals surface area contributed by atoms with Gasteiger partial charge in [-0.3, -0.25) is 0 Å². The quantitative estimate of drug-likeness (QED) is 0.182. The van der Waals surface area contributed by atoms with Crippen LogP contribution in [-0.4, -0.2) is 67.3 Å². The average Bonchev–Trinajstić information content (AvgIpc) is 2.97. The van der Waals surface area contributed by atoms with Gasteiger partial charge >= 0.3 is 12.0 Å². The summed E-state index contributed by atoms with van der Waals surface area (Å²) in [5.41, 5.74) is 3.78. The second kappa shape index (κ2) is 17.2. The van der Waals surface area contributed by atoms with Crippen molar-refractivity contribution in [2.45, 2.75) is 38.5 Å². The number of aliphatic carboxylic acids is 1. The number of rotatable bonds is 17. The maximum atomic E-state index is 13.3. The van der Waals surface area contributed by atoms with E-state index in [0.29, 0.717) is 43.5 Å². The van der Waals surface area contributed by atoms with E-state index in [2.05, 4.69) is 17.4 Å². The Bertz CT molecular complexity index is 1220. The monoisotopic (exact) mass is 580 g/mol. The van der Waals surface area contributed by atoms with Crippen LogP contribution in [0.3, 0.4) is 0 Å². The SMILES string of the molecule is CCOC(Cc1ccc(OCCN(CCCSCc2ccccc2)C(=O)Nc2cc(C)ccc2OC)cc1)C(=O)O. The molecule has 0 spiro atoms. The minimum atomic E-state index is -0.979. The van der Waals surface area contributed by atoms with Gasteiger partial charge in [0, 0.05) is 25.3 Å². The van der Waals surface area contributed by atoms with Crippen molar-refractivity contribution >= 4 is 29.4 Å². The van der Waals surface area contributed by atoms with E-state index in [1.165, 1.54) is 5.56 Å². The van der Waals surface area contributed by atoms with Crippen molar-refractivity contribution in [1.82, 2.24) is 4.90 Å². The smallest absolute Gasteiger partial charge is 0.333 e. The van der Waals surface area contributed by atoms with E-state index in [-0.39, 0.29) is 12.5 Å². The molecule has 0 bridgehead atoms. The predicted molar refractivity (Wildman–Crippen MR) is 164 cm³/mol. The molecule has 3 aromatic carbocycles. The summed E-state index contributed by atoms with van der Waals surface area (Å²) in [4.78, 5) is 26.4. The lowest BCUT2D eigenvalue weighted by molar-refractivity contribution is -0.149. The molecule has 0 saturated heterocycles. The van der Waals surface area contributed by atoms with E-state index in [1.807, 2.05) is 79.3 Å². The number of carboxylic acid groups (broad SMARTS) is 1. The normalized spacial score (nSPS) is 11.5. The largest absolute Gasteiger partial charge is 0.495 e. The first kappa shape index (κ1) is 31.8. The Kier molecular flexibility index (Phi) is 13.4. The molecule has 0 aliphatic rings. The summed E-state index contributed by atoms with van der Waals surface area (Å²) in [5, 5.41) is 12.3. The fraction of sp³-hybridized carbons (Fsp3) is 0.375. The maximum Gasteiger partial charge on any atom is 0.333 e. The highest BCUT2D eigenvalue weighted by molar-refractivity contribution is 7.98. The third kappa shape index (κ3) is 11.0. The molecule has 0 saturated carbocycles. The Balaban J connectivity index is 1.56. The molecule has 2 amide bonds. The standard InChI is InChI=1S/C32H40N2O6S/c1-4-39-30(31(35)36)22-25-12-14-27(15-13-25)40-19-18-34(17-8-20-41-23-26-9-6-5-7-10-26)32(37)33-28-21-24(2)11-16-29(28)38-3/h5-7,9-16,21,30H,4,8,17-20,22-23H2,1-3H3,(H,33,37)(H,35,36). The Morgan fingerprint density at radius 2 is 1.76 bits per heavy atom. The Morgan fingerprint density at radius 1 is 1.00 bits per heavy atom. The summed E-state index contributed by atoms with van der Waals surface area (Å²) in [6.07, 6.45) is 0.244. The van der Waals surface area contributed by atoms with Crippen LogP contribution in [0.5, 0.6) is 11.5 Å². The molecule has 3 aromatic rings. The fourth-order valence-corrected chi connectivity index (χ4v) is 5.08. The van der Waals surface area contributed by atoms with Gasteiger partial charge in [0.05, 0.1) is 19.3 Å². The molecule has 3 rings (SSSR count). The van der Waals surface area contributed by atoms with Crippen molar-refractivity contribution < 1.29 is 28.9 Å². The van der Waals surface area contributed by atoms with Crippen molar-refractivity contribution in [2.24, 2.45) is 0 Å². The van der Waals surface area contributed by atoms with Crippen LogP contribution >= 0.6 is 11.8 Å². The third-order valence-electron chi connectivity index (χ3n) is 6.33. The Labute approximate surface area is 247 Å². The minimum absolute atomic E-state index is 0.212. The molecule has 9 heteroatoms. The van der Waals surface area contributed by atoms with Crippen LogP contribution in [0.2, 0.25) is 0 Å². The zero-order valence-corrected chi connectivity index (χ0v) is 24.8. The molecule has 0 aliphatic heterocycles. The number of hydrogen-bond acceptors (Lipinski definition) is 6. The molecule has 41 heavy (non-hydrogen) atoms. The average molecular weight is 581 g/mol. The molecule has 8 nitrogen and oxygen atoms in total. The number of benzene rings is 3. The molecular formula is C32H40N2O6S. The fourth-order valence-electron chi connectivity index (χ4n) is 4.18. The number of carbonyl (C=O) groups excluding carboxylic acids is 1. The molecule has 0 aliphatic carbocycles. The van der Waals surface area contributed by atoms with Crippen LogP contribution in [0.15, 0.2) is 72.8 Å². The molecule has 0 fully saturated rings. The summed E-state index contributed by atoms with van der Waals surface area (Å²) in [5.74, 6) is 2.13. The van der Waals surface area contributed by atoms with Crippen molar-refractivity contribution in [1.29, 1.82) is 0 Å². The second-order valence-electron chi connectivity index (χ2n) is 9.49. The zero-order chi connectivity index (χ0) is 29.5. The number of anilines is 1. The summed E-state index contributed by atoms with van der Waals surface area (Å²) in [6, 6.07) is 23.1. The molecule has 2 N–H and O–H groups in total. The molecular weight excluding hydrogens is 540 g/mol. The minimum Gasteiger partial charge on any atom is -0.495 e. The first-order valence-corrected chi connectivity index (χ1v) is 14.9. The van der Waals surface area contributed by atoms with E-state index in [9.17, 15) is 14.7 Å². The lowest BCUT2D eigenvalue weighted by Gasteiger charge is -2.24. The zero-order valence-electron chi connectivity index (χ0n) is 24.0. The van der Waals surface area contributed by atoms with Gasteiger partial charge in [0.1, 0.15) is 18.1 Å². The number of ether oxygens (including phenoxy) is 3. The van der Waals surface area contributed by atoms with Crippen molar-refractivity contribution in [2.75, 3.05) is 44.5 Å². The Hall–Kier alpha value is -3.69. The lowest BCUT2D eigenvalue weighted by atomic mass is 10.1. The van der Waals surface area contributed by atoms with Gasteiger partial charge in [0.25, 0.3) is 0 Å². The van der Waals surface area contributed by atoms with Gasteiger partial charge < -0.3 is 29.5 Å². The molecule has 0 aromatic heterocycles. The van der Waals surface area contributed by atoms with Crippen LogP contribution in [0, 0.1) is 6.92 Å². The number of thioether (sulfide) groups is 1. The number of methoxy groups -OCH3 is 1. The molecule has 220 valence electrons. The molecule has 0 heterocycles. The third-order valence-corrected chi connectivity index (χ3v) is 7.44. The van der Waals surface area contributed by atoms with Crippen molar-refractivity contribution in [3.05, 3.63) is 89.5 Å². The van der Waals surface area contributed by atoms with E-state index >= 15 is 0 Å². The highest BCUT2D eigenvalue weighted by atomic mass is 32.2. The van der Waals surface area contributed by atoms with E-state index < -0.39 is 12.1 Å². The first-order chi connectivity index (χ1) is 19.9. The summed E-state index contributed by atoms with van der Waals surface area (Å²) in [6.45, 7) is 5.37. The molecule has 1 unspecified atom stereocenters. The van der Waals surface area contributed by atoms with Crippen LogP contribution in [0.1, 0.15) is 30.0 Å². The molecule has 0 radical (unpaired) electrons. The Morgan fingerprint density at radius 3 is 2.44 bits per heavy atom. The lowest BCUT2D eigenvalue weighted by Crippen LogP contribution is -2.38. The topological polar surface area (TPSA) is 97.3 Å². The number of nitrogens with one attached hydrogen (secondary N) is 1. The van der Waals surface area contributed by atoms with E-state index in [0.717, 1.165) is 29.1 Å². The number of amides is 2. The van der Waals surface area contributed by atoms with Gasteiger partial charge in [-0.1, -0.05) is 48.5 Å². The number of carboxylic acids is 1. The number of nitrogens with zero attached hydrogens (tertiary/aromatic N) is 1. The summed E-state index contributed by atoms with van der Waals surface area (Å²) < 4.78 is 16.7. The predicted octanol–water partition coefficient (Wildman–Crippen LogP) is 6.27. The highest BCUT2D eigenvalue weighted by Crippen LogP contribution is 2.25. The van der Waals surface area contributed by atoms with E-state index in [1.54, 1.807) is 18.9 Å². The molecule has 1 atom stereocenters. The van der Waals surface area contributed by atoms with Crippen LogP contribution < -0.4 is 14.8 Å². The van der Waals surface area contributed by atoms with Gasteiger partial charge in [0.2, 0.25) is 0 Å². The van der Waals surface area contributed by atoms with Crippen molar-refractivity contribution in [3.8, 4) is 11.5 Å². The van der Waals surface area contributed by atoms with Gasteiger partial charge in [-0.25, -0.2) is 9.59 Å². The van der Waals surface area contributed by atoms with Crippen LogP contribution in [-0.2, 0) is 21.7 Å². The number of aryl methyl sites for hydroxylation is 1. The van der Waals surface area contributed by atoms with Gasteiger partial charge in [-0.2, -0.15) is 11.8 Å². The first-order valence-electron chi connectivity index (χ1n) is 13.8. The van der Waals surface area contributed by atoms with Gasteiger partial charge in [-0.15, -0.1) is 0 Å². The van der Waals surface area contributed by atoms with Crippen LogP contribution in [0.25, 0.3) is 0 Å². The maximum absolute atomic E-state index is 13.3. The highest BCUT2D eigenvalue weighted by Gasteiger charge is 2.18. The summed E-state index contributed by atoms with van der Waals surface area (Å²) in [7, 11) is 1.58. The van der Waals surface area contributed by atoms with Gasteiger partial charge in [0.15, 0.2) is 6.10 Å². The van der Waals surface area contributed by atoms with Crippen molar-refractivity contribution in [3.63, 3.8) is 0 Å². The van der Waals surface area contributed by atoms with E-state index in [4.69, 9.17) is 14.2 Å². The number of hydrogen-bond donors (Lipinski definition) is 2.